The highest BCUT2D eigenvalue weighted by Crippen LogP contribution is 2.42. The fourth-order valence-corrected chi connectivity index (χ4v) is 5.54. The van der Waals surface area contributed by atoms with Gasteiger partial charge in [-0.15, -0.1) is 0 Å². The molecular weight excluding hydrogens is 276 g/mol. The van der Waals surface area contributed by atoms with Gasteiger partial charge in [-0.3, -0.25) is 4.79 Å². The summed E-state index contributed by atoms with van der Waals surface area (Å²) in [6.45, 7) is 4.75. The molecule has 0 aromatic rings. The molecule has 1 atom stereocenters. The van der Waals surface area contributed by atoms with E-state index >= 15 is 0 Å². The highest BCUT2D eigenvalue weighted by Gasteiger charge is 2.48. The van der Waals surface area contributed by atoms with Crippen LogP contribution in [0.3, 0.4) is 0 Å². The summed E-state index contributed by atoms with van der Waals surface area (Å²) in [7, 11) is -3.09. The van der Waals surface area contributed by atoms with Gasteiger partial charge in [-0.1, -0.05) is 0 Å². The molecule has 0 radical (unpaired) electrons. The second-order valence-corrected chi connectivity index (χ2v) is 8.63. The smallest absolute Gasteiger partial charge is 0.228 e. The Hall–Kier alpha value is -0.620. The van der Waals surface area contributed by atoms with E-state index in [9.17, 15) is 13.2 Å². The SMILES string of the molecule is CCN1CC[C@]2(CCCN(S(=O)(=O)C3CC3)CC2)C1=O. The number of hydrogen-bond acceptors (Lipinski definition) is 3. The summed E-state index contributed by atoms with van der Waals surface area (Å²) in [4.78, 5) is 14.4. The lowest BCUT2D eigenvalue weighted by molar-refractivity contribution is -0.136. The van der Waals surface area contributed by atoms with E-state index in [-0.39, 0.29) is 16.6 Å². The van der Waals surface area contributed by atoms with Crippen molar-refractivity contribution in [3.63, 3.8) is 0 Å². The molecule has 1 saturated carbocycles. The van der Waals surface area contributed by atoms with Crippen LogP contribution in [0, 0.1) is 5.41 Å². The zero-order chi connectivity index (χ0) is 14.4. The third kappa shape index (κ3) is 2.26. The number of carbonyl (C=O) groups excluding carboxylic acids is 1. The van der Waals surface area contributed by atoms with Crippen molar-refractivity contribution in [1.29, 1.82) is 0 Å². The highest BCUT2D eigenvalue weighted by atomic mass is 32.2. The van der Waals surface area contributed by atoms with Crippen LogP contribution in [0.4, 0.5) is 0 Å². The van der Waals surface area contributed by atoms with Crippen LogP contribution in [-0.2, 0) is 14.8 Å². The van der Waals surface area contributed by atoms with E-state index in [4.69, 9.17) is 0 Å². The van der Waals surface area contributed by atoms with Gasteiger partial charge in [-0.2, -0.15) is 0 Å². The van der Waals surface area contributed by atoms with Crippen LogP contribution >= 0.6 is 0 Å². The van der Waals surface area contributed by atoms with E-state index in [2.05, 4.69) is 0 Å². The first kappa shape index (κ1) is 14.3. The number of nitrogens with zero attached hydrogens (tertiary/aromatic N) is 2. The van der Waals surface area contributed by atoms with Crippen LogP contribution in [0.15, 0.2) is 0 Å². The Bertz CT molecular complexity index is 501. The van der Waals surface area contributed by atoms with Crippen LogP contribution in [0.25, 0.3) is 0 Å². The van der Waals surface area contributed by atoms with Gasteiger partial charge in [0.1, 0.15) is 0 Å². The number of amides is 1. The lowest BCUT2D eigenvalue weighted by Crippen LogP contribution is -2.37. The molecule has 3 rings (SSSR count). The Balaban J connectivity index is 1.73. The largest absolute Gasteiger partial charge is 0.342 e. The summed E-state index contributed by atoms with van der Waals surface area (Å²) in [5, 5.41) is -0.136. The maximum atomic E-state index is 12.5. The first-order valence-electron chi connectivity index (χ1n) is 7.78. The molecule has 5 nitrogen and oxygen atoms in total. The quantitative estimate of drug-likeness (QED) is 0.787. The predicted octanol–water partition coefficient (Wildman–Crippen LogP) is 1.20. The molecular formula is C14H24N2O3S. The molecule has 2 heterocycles. The summed E-state index contributed by atoms with van der Waals surface area (Å²) in [5.74, 6) is 0.255. The van der Waals surface area contributed by atoms with Crippen molar-refractivity contribution in [2.24, 2.45) is 5.41 Å². The molecule has 0 aromatic carbocycles. The molecule has 1 spiro atoms. The highest BCUT2D eigenvalue weighted by molar-refractivity contribution is 7.90. The molecule has 20 heavy (non-hydrogen) atoms. The number of likely N-dealkylation sites (tertiary alicyclic amines) is 1. The van der Waals surface area contributed by atoms with E-state index < -0.39 is 10.0 Å². The first-order chi connectivity index (χ1) is 9.49. The van der Waals surface area contributed by atoms with Gasteiger partial charge in [0.05, 0.1) is 10.7 Å². The van der Waals surface area contributed by atoms with Gasteiger partial charge in [0, 0.05) is 26.2 Å². The van der Waals surface area contributed by atoms with E-state index in [1.807, 2.05) is 11.8 Å². The zero-order valence-electron chi connectivity index (χ0n) is 12.2. The molecule has 3 aliphatic rings. The van der Waals surface area contributed by atoms with Crippen molar-refractivity contribution in [1.82, 2.24) is 9.21 Å². The average molecular weight is 300 g/mol. The Morgan fingerprint density at radius 3 is 2.45 bits per heavy atom. The summed E-state index contributed by atoms with van der Waals surface area (Å²) in [6.07, 6.45) is 4.89. The van der Waals surface area contributed by atoms with Crippen molar-refractivity contribution < 1.29 is 13.2 Å². The molecule has 0 N–H and O–H groups in total. The Kier molecular flexibility index (Phi) is 3.57. The summed E-state index contributed by atoms with van der Waals surface area (Å²) in [6, 6.07) is 0. The van der Waals surface area contributed by atoms with E-state index in [0.717, 1.165) is 45.2 Å². The molecule has 2 aliphatic heterocycles. The van der Waals surface area contributed by atoms with Crippen molar-refractivity contribution in [2.75, 3.05) is 26.2 Å². The molecule has 114 valence electrons. The molecule has 0 aromatic heterocycles. The van der Waals surface area contributed by atoms with Crippen LogP contribution in [0.1, 0.15) is 45.4 Å². The molecule has 3 fully saturated rings. The van der Waals surface area contributed by atoms with Crippen LogP contribution in [-0.4, -0.2) is 55.0 Å². The Morgan fingerprint density at radius 2 is 1.85 bits per heavy atom. The molecule has 0 bridgehead atoms. The fourth-order valence-electron chi connectivity index (χ4n) is 3.66. The van der Waals surface area contributed by atoms with Gasteiger partial charge in [-0.05, 0) is 45.4 Å². The van der Waals surface area contributed by atoms with E-state index in [1.165, 1.54) is 0 Å². The molecule has 6 heteroatoms. The summed E-state index contributed by atoms with van der Waals surface area (Å²) >= 11 is 0. The second-order valence-electron chi connectivity index (χ2n) is 6.41. The molecule has 1 aliphatic carbocycles. The van der Waals surface area contributed by atoms with Gasteiger partial charge in [0.25, 0.3) is 0 Å². The van der Waals surface area contributed by atoms with Crippen LogP contribution < -0.4 is 0 Å². The van der Waals surface area contributed by atoms with Gasteiger partial charge >= 0.3 is 0 Å². The Labute approximate surface area is 121 Å². The number of hydrogen-bond donors (Lipinski definition) is 0. The molecule has 1 amide bonds. The first-order valence-corrected chi connectivity index (χ1v) is 9.28. The maximum absolute atomic E-state index is 12.5. The summed E-state index contributed by atoms with van der Waals surface area (Å²) < 4.78 is 26.3. The lowest BCUT2D eigenvalue weighted by Gasteiger charge is -2.26. The standard InChI is InChI=1S/C14H24N2O3S/c1-2-15-10-7-14(13(15)17)6-3-9-16(11-8-14)20(18,19)12-4-5-12/h12H,2-11H2,1H3/t14-/m0/s1. The van der Waals surface area contributed by atoms with Crippen molar-refractivity contribution in [3.8, 4) is 0 Å². The minimum absolute atomic E-state index is 0.136. The molecule has 2 saturated heterocycles. The third-order valence-electron chi connectivity index (χ3n) is 5.19. The van der Waals surface area contributed by atoms with Crippen molar-refractivity contribution in [3.05, 3.63) is 0 Å². The number of rotatable bonds is 3. The normalized spacial score (nSPS) is 32.9. The maximum Gasteiger partial charge on any atom is 0.228 e. The van der Waals surface area contributed by atoms with Crippen molar-refractivity contribution >= 4 is 15.9 Å². The van der Waals surface area contributed by atoms with Crippen molar-refractivity contribution in [2.45, 2.75) is 50.7 Å². The van der Waals surface area contributed by atoms with E-state index in [1.54, 1.807) is 4.31 Å². The minimum Gasteiger partial charge on any atom is -0.342 e. The summed E-state index contributed by atoms with van der Waals surface area (Å²) in [5.41, 5.74) is -0.274. The minimum atomic E-state index is -3.09. The van der Waals surface area contributed by atoms with Gasteiger partial charge < -0.3 is 4.90 Å². The fraction of sp³-hybridized carbons (Fsp3) is 0.929. The number of carbonyl (C=O) groups is 1. The average Bonchev–Trinajstić information content (AvgIpc) is 3.23. The number of sulfonamides is 1. The monoisotopic (exact) mass is 300 g/mol. The van der Waals surface area contributed by atoms with Gasteiger partial charge in [0.15, 0.2) is 0 Å². The van der Waals surface area contributed by atoms with Crippen LogP contribution in [0.5, 0.6) is 0 Å². The van der Waals surface area contributed by atoms with Gasteiger partial charge in [0.2, 0.25) is 15.9 Å². The second kappa shape index (κ2) is 4.98. The topological polar surface area (TPSA) is 57.7 Å². The predicted molar refractivity (Wildman–Crippen MR) is 76.7 cm³/mol. The van der Waals surface area contributed by atoms with E-state index in [0.29, 0.717) is 19.5 Å². The zero-order valence-corrected chi connectivity index (χ0v) is 13.0. The molecule has 0 unspecified atom stereocenters. The Morgan fingerprint density at radius 1 is 1.15 bits per heavy atom. The van der Waals surface area contributed by atoms with Gasteiger partial charge in [-0.25, -0.2) is 12.7 Å². The lowest BCUT2D eigenvalue weighted by atomic mass is 9.79. The third-order valence-corrected chi connectivity index (χ3v) is 7.59. The van der Waals surface area contributed by atoms with Crippen LogP contribution in [0.2, 0.25) is 0 Å².